The molecule has 0 atom stereocenters. The highest BCUT2D eigenvalue weighted by atomic mass is 16.4. The Morgan fingerprint density at radius 3 is 2.43 bits per heavy atom. The van der Waals surface area contributed by atoms with E-state index in [2.05, 4.69) is 45.3 Å². The normalized spacial score (nSPS) is 12.1. The van der Waals surface area contributed by atoms with Gasteiger partial charge in [0.1, 0.15) is 0 Å². The van der Waals surface area contributed by atoms with Crippen LogP contribution in [-0.4, -0.2) is 22.2 Å². The van der Waals surface area contributed by atoms with E-state index >= 15 is 0 Å². The van der Waals surface area contributed by atoms with Crippen molar-refractivity contribution in [3.05, 3.63) is 34.5 Å². The molecule has 1 aromatic heterocycles. The van der Waals surface area contributed by atoms with E-state index in [1.54, 1.807) is 0 Å². The van der Waals surface area contributed by atoms with Gasteiger partial charge in [0.2, 0.25) is 0 Å². The molecule has 1 aromatic carbocycles. The second-order valence-corrected chi connectivity index (χ2v) is 7.18. The maximum Gasteiger partial charge on any atom is 0.337 e. The molecule has 3 N–H and O–H groups in total. The first kappa shape index (κ1) is 17.5. The minimum absolute atomic E-state index is 0.0915. The van der Waals surface area contributed by atoms with Crippen LogP contribution >= 0.6 is 0 Å². The van der Waals surface area contributed by atoms with Crippen LogP contribution in [0, 0.1) is 6.92 Å². The number of carbonyl (C=O) groups is 1. The summed E-state index contributed by atoms with van der Waals surface area (Å²) in [7, 11) is 0. The van der Waals surface area contributed by atoms with Crippen molar-refractivity contribution in [2.75, 3.05) is 6.54 Å². The number of aryl methyl sites for hydroxylation is 2. The molecule has 0 spiro atoms. The number of hydrogen-bond donors (Lipinski definition) is 2. The Morgan fingerprint density at radius 2 is 1.96 bits per heavy atom. The minimum atomic E-state index is -0.862. The fourth-order valence-corrected chi connectivity index (χ4v) is 3.27. The van der Waals surface area contributed by atoms with Gasteiger partial charge in [0.05, 0.1) is 11.1 Å². The lowest BCUT2D eigenvalue weighted by atomic mass is 9.84. The number of carboxylic acid groups (broad SMARTS) is 1. The number of nitrogens with zero attached hydrogens (tertiary/aromatic N) is 1. The lowest BCUT2D eigenvalue weighted by molar-refractivity contribution is 0.0698. The highest BCUT2D eigenvalue weighted by Gasteiger charge is 2.23. The van der Waals surface area contributed by atoms with Crippen molar-refractivity contribution in [2.24, 2.45) is 5.73 Å². The van der Waals surface area contributed by atoms with Gasteiger partial charge < -0.3 is 15.4 Å². The van der Waals surface area contributed by atoms with E-state index in [-0.39, 0.29) is 5.41 Å². The standard InChI is InChI=1S/C19H28N2O2/c1-6-21-12(2)14(8-7-9-20)15-10-13(19(3,4)5)11-16(17(15)21)18(22)23/h10-11H,6-9,20H2,1-5H3,(H,22,23). The summed E-state index contributed by atoms with van der Waals surface area (Å²) in [5.41, 5.74) is 10.3. The Balaban J connectivity index is 2.88. The van der Waals surface area contributed by atoms with E-state index in [9.17, 15) is 9.90 Å². The zero-order valence-corrected chi connectivity index (χ0v) is 14.9. The molecule has 126 valence electrons. The van der Waals surface area contributed by atoms with Crippen molar-refractivity contribution in [3.63, 3.8) is 0 Å². The van der Waals surface area contributed by atoms with Crippen molar-refractivity contribution in [1.29, 1.82) is 0 Å². The van der Waals surface area contributed by atoms with Gasteiger partial charge >= 0.3 is 5.97 Å². The SMILES string of the molecule is CCn1c(C)c(CCCN)c2cc(C(C)(C)C)cc(C(=O)O)c21. The van der Waals surface area contributed by atoms with Gasteiger partial charge in [-0.3, -0.25) is 0 Å². The van der Waals surface area contributed by atoms with Crippen LogP contribution in [0.5, 0.6) is 0 Å². The van der Waals surface area contributed by atoms with Crippen molar-refractivity contribution in [1.82, 2.24) is 4.57 Å². The van der Waals surface area contributed by atoms with Gasteiger partial charge in [-0.05, 0) is 61.9 Å². The number of carboxylic acids is 1. The third-order valence-corrected chi connectivity index (χ3v) is 4.59. The van der Waals surface area contributed by atoms with Crippen LogP contribution in [0.4, 0.5) is 0 Å². The lowest BCUT2D eigenvalue weighted by Gasteiger charge is -2.20. The first-order chi connectivity index (χ1) is 10.7. The van der Waals surface area contributed by atoms with E-state index in [0.29, 0.717) is 12.1 Å². The summed E-state index contributed by atoms with van der Waals surface area (Å²) in [5, 5.41) is 10.8. The molecule has 2 rings (SSSR count). The summed E-state index contributed by atoms with van der Waals surface area (Å²) < 4.78 is 2.12. The first-order valence-electron chi connectivity index (χ1n) is 8.31. The first-order valence-corrected chi connectivity index (χ1v) is 8.31. The predicted molar refractivity (Wildman–Crippen MR) is 95.4 cm³/mol. The summed E-state index contributed by atoms with van der Waals surface area (Å²) in [4.78, 5) is 11.9. The molecule has 0 fully saturated rings. The molecule has 0 radical (unpaired) electrons. The van der Waals surface area contributed by atoms with Crippen LogP contribution in [-0.2, 0) is 18.4 Å². The lowest BCUT2D eigenvalue weighted by Crippen LogP contribution is -2.13. The Bertz CT molecular complexity index is 736. The molecule has 0 saturated carbocycles. The second-order valence-electron chi connectivity index (χ2n) is 7.18. The van der Waals surface area contributed by atoms with E-state index < -0.39 is 5.97 Å². The van der Waals surface area contributed by atoms with Crippen LogP contribution in [0.1, 0.15) is 61.3 Å². The molecule has 23 heavy (non-hydrogen) atoms. The van der Waals surface area contributed by atoms with Crippen molar-refractivity contribution in [2.45, 2.75) is 59.4 Å². The number of rotatable bonds is 5. The summed E-state index contributed by atoms with van der Waals surface area (Å²) in [5.74, 6) is -0.862. The molecule has 0 unspecified atom stereocenters. The number of fused-ring (bicyclic) bond motifs is 1. The average Bonchev–Trinajstić information content (AvgIpc) is 2.74. The van der Waals surface area contributed by atoms with E-state index in [4.69, 9.17) is 5.73 Å². The smallest absolute Gasteiger partial charge is 0.337 e. The monoisotopic (exact) mass is 316 g/mol. The summed E-state index contributed by atoms with van der Waals surface area (Å²) >= 11 is 0. The zero-order valence-electron chi connectivity index (χ0n) is 14.9. The minimum Gasteiger partial charge on any atom is -0.478 e. The molecule has 0 amide bonds. The molecule has 0 bridgehead atoms. The molecular formula is C19H28N2O2. The number of aromatic nitrogens is 1. The molecule has 4 nitrogen and oxygen atoms in total. The maximum absolute atomic E-state index is 11.9. The Labute approximate surface area is 138 Å². The van der Waals surface area contributed by atoms with Crippen LogP contribution in [0.3, 0.4) is 0 Å². The highest BCUT2D eigenvalue weighted by Crippen LogP contribution is 2.34. The summed E-state index contributed by atoms with van der Waals surface area (Å²) in [6.45, 7) is 11.9. The Morgan fingerprint density at radius 1 is 1.30 bits per heavy atom. The Hall–Kier alpha value is -1.81. The Kier molecular flexibility index (Phi) is 4.85. The molecule has 2 aromatic rings. The van der Waals surface area contributed by atoms with Gasteiger partial charge in [0, 0.05) is 17.6 Å². The maximum atomic E-state index is 11.9. The zero-order chi connectivity index (χ0) is 17.4. The molecule has 1 heterocycles. The third-order valence-electron chi connectivity index (χ3n) is 4.59. The van der Waals surface area contributed by atoms with Crippen LogP contribution in [0.2, 0.25) is 0 Å². The molecule has 4 heteroatoms. The molecule has 0 aliphatic heterocycles. The van der Waals surface area contributed by atoms with Gasteiger partial charge in [-0.1, -0.05) is 20.8 Å². The number of nitrogens with two attached hydrogens (primary N) is 1. The van der Waals surface area contributed by atoms with Gasteiger partial charge in [0.15, 0.2) is 0 Å². The fraction of sp³-hybridized carbons (Fsp3) is 0.526. The molecule has 0 aliphatic rings. The van der Waals surface area contributed by atoms with E-state index in [1.807, 2.05) is 6.07 Å². The van der Waals surface area contributed by atoms with Gasteiger partial charge in [-0.25, -0.2) is 4.79 Å². The van der Waals surface area contributed by atoms with Crippen molar-refractivity contribution in [3.8, 4) is 0 Å². The predicted octanol–water partition coefficient (Wildman–Crippen LogP) is 3.86. The summed E-state index contributed by atoms with van der Waals surface area (Å²) in [6.07, 6.45) is 1.80. The topological polar surface area (TPSA) is 68.2 Å². The van der Waals surface area contributed by atoms with Gasteiger partial charge in [-0.2, -0.15) is 0 Å². The van der Waals surface area contributed by atoms with Gasteiger partial charge in [-0.15, -0.1) is 0 Å². The highest BCUT2D eigenvalue weighted by molar-refractivity contribution is 6.04. The second kappa shape index (κ2) is 6.36. The van der Waals surface area contributed by atoms with Gasteiger partial charge in [0.25, 0.3) is 0 Å². The van der Waals surface area contributed by atoms with Crippen LogP contribution < -0.4 is 5.73 Å². The van der Waals surface area contributed by atoms with Crippen LogP contribution in [0.25, 0.3) is 10.9 Å². The summed E-state index contributed by atoms with van der Waals surface area (Å²) in [6, 6.07) is 4.01. The van der Waals surface area contributed by atoms with Crippen molar-refractivity contribution < 1.29 is 9.90 Å². The van der Waals surface area contributed by atoms with E-state index in [0.717, 1.165) is 41.5 Å². The molecule has 0 saturated heterocycles. The average molecular weight is 316 g/mol. The fourth-order valence-electron chi connectivity index (χ4n) is 3.27. The number of benzene rings is 1. The van der Waals surface area contributed by atoms with Crippen LogP contribution in [0.15, 0.2) is 12.1 Å². The largest absolute Gasteiger partial charge is 0.478 e. The number of aromatic carboxylic acids is 1. The number of hydrogen-bond acceptors (Lipinski definition) is 2. The quantitative estimate of drug-likeness (QED) is 0.880. The van der Waals surface area contributed by atoms with Crippen molar-refractivity contribution >= 4 is 16.9 Å². The molecular weight excluding hydrogens is 288 g/mol. The molecule has 0 aliphatic carbocycles. The third kappa shape index (κ3) is 3.13. The van der Waals surface area contributed by atoms with E-state index in [1.165, 1.54) is 5.56 Å².